The maximum atomic E-state index is 10.8. The molecule has 0 spiro atoms. The minimum Gasteiger partial charge on any atom is -0.254 e. The van der Waals surface area contributed by atoms with Crippen molar-refractivity contribution in [1.29, 1.82) is 0 Å². The molecule has 0 aliphatic carbocycles. The van der Waals surface area contributed by atoms with Gasteiger partial charge in [0.25, 0.3) is 0 Å². The van der Waals surface area contributed by atoms with Gasteiger partial charge in [-0.05, 0) is 17.5 Å². The highest BCUT2D eigenvalue weighted by Crippen LogP contribution is 2.16. The van der Waals surface area contributed by atoms with Gasteiger partial charge in [-0.1, -0.05) is 17.7 Å². The molecule has 0 unspecified atom stereocenters. The standard InChI is InChI=1S/C7H7ClOS2/c1-11(9)7(8)5-6-3-2-4-10-6/h2-5H,1H3/b7-5+/t11-/m0/s1. The summed E-state index contributed by atoms with van der Waals surface area (Å²) in [5.74, 6) is 0. The third-order valence-electron chi connectivity index (χ3n) is 1.07. The van der Waals surface area contributed by atoms with Crippen LogP contribution in [0.5, 0.6) is 0 Å². The predicted octanol–water partition coefficient (Wildman–Crippen LogP) is 2.66. The van der Waals surface area contributed by atoms with E-state index in [-0.39, 0.29) is 0 Å². The molecule has 1 rings (SSSR count). The molecule has 1 heterocycles. The van der Waals surface area contributed by atoms with Crippen LogP contribution in [-0.2, 0) is 10.8 Å². The van der Waals surface area contributed by atoms with Crippen molar-refractivity contribution in [3.63, 3.8) is 0 Å². The molecular formula is C7H7ClOS2. The van der Waals surface area contributed by atoms with Crippen molar-refractivity contribution >= 4 is 39.8 Å². The fourth-order valence-electron chi connectivity index (χ4n) is 0.568. The molecule has 0 bridgehead atoms. The Kier molecular flexibility index (Phi) is 3.30. The van der Waals surface area contributed by atoms with Crippen molar-refractivity contribution < 1.29 is 4.21 Å². The molecule has 60 valence electrons. The highest BCUT2D eigenvalue weighted by Gasteiger charge is 1.96. The van der Waals surface area contributed by atoms with Crippen molar-refractivity contribution in [2.24, 2.45) is 0 Å². The van der Waals surface area contributed by atoms with E-state index >= 15 is 0 Å². The number of thiophene rings is 1. The summed E-state index contributed by atoms with van der Waals surface area (Å²) in [4.78, 5) is 1.03. The Hall–Kier alpha value is -0.120. The Labute approximate surface area is 77.2 Å². The van der Waals surface area contributed by atoms with E-state index in [0.717, 1.165) is 4.88 Å². The summed E-state index contributed by atoms with van der Waals surface area (Å²) < 4.78 is 11.2. The monoisotopic (exact) mass is 206 g/mol. The van der Waals surface area contributed by atoms with Crippen LogP contribution < -0.4 is 0 Å². The van der Waals surface area contributed by atoms with Crippen LogP contribution in [0.25, 0.3) is 6.08 Å². The van der Waals surface area contributed by atoms with Crippen molar-refractivity contribution in [3.8, 4) is 0 Å². The molecule has 0 aliphatic heterocycles. The zero-order valence-corrected chi connectivity index (χ0v) is 8.30. The second-order valence-corrected chi connectivity index (χ2v) is 4.88. The van der Waals surface area contributed by atoms with Gasteiger partial charge in [-0.3, -0.25) is 4.21 Å². The topological polar surface area (TPSA) is 17.1 Å². The highest BCUT2D eigenvalue weighted by atomic mass is 35.5. The molecule has 0 amide bonds. The fourth-order valence-corrected chi connectivity index (χ4v) is 1.78. The van der Waals surface area contributed by atoms with Crippen LogP contribution in [0, 0.1) is 0 Å². The lowest BCUT2D eigenvalue weighted by Gasteiger charge is -1.89. The molecule has 1 aromatic heterocycles. The fraction of sp³-hybridized carbons (Fsp3) is 0.143. The smallest absolute Gasteiger partial charge is 0.106 e. The molecule has 4 heteroatoms. The molecule has 0 aliphatic rings. The average molecular weight is 207 g/mol. The van der Waals surface area contributed by atoms with Crippen LogP contribution in [0.2, 0.25) is 0 Å². The second kappa shape index (κ2) is 4.04. The first-order chi connectivity index (χ1) is 5.20. The van der Waals surface area contributed by atoms with Gasteiger partial charge in [-0.25, -0.2) is 0 Å². The van der Waals surface area contributed by atoms with E-state index < -0.39 is 10.8 Å². The second-order valence-electron chi connectivity index (χ2n) is 1.92. The molecule has 0 fully saturated rings. The third-order valence-corrected chi connectivity index (χ3v) is 3.32. The van der Waals surface area contributed by atoms with Crippen molar-refractivity contribution in [3.05, 3.63) is 26.8 Å². The van der Waals surface area contributed by atoms with Crippen LogP contribution >= 0.6 is 22.9 Å². The molecule has 1 nitrogen and oxygen atoms in total. The van der Waals surface area contributed by atoms with Gasteiger partial charge in [0.1, 0.15) is 4.36 Å². The molecule has 0 N–H and O–H groups in total. The minimum absolute atomic E-state index is 0.396. The maximum absolute atomic E-state index is 10.8. The van der Waals surface area contributed by atoms with Gasteiger partial charge in [0, 0.05) is 11.1 Å². The Balaban J connectivity index is 2.82. The van der Waals surface area contributed by atoms with Gasteiger partial charge < -0.3 is 0 Å². The first-order valence-electron chi connectivity index (χ1n) is 2.94. The molecule has 0 saturated heterocycles. The summed E-state index contributed by atoms with van der Waals surface area (Å²) in [7, 11) is -1.06. The Morgan fingerprint density at radius 2 is 2.55 bits per heavy atom. The van der Waals surface area contributed by atoms with E-state index in [1.54, 1.807) is 23.7 Å². The number of hydrogen-bond acceptors (Lipinski definition) is 2. The van der Waals surface area contributed by atoms with Gasteiger partial charge in [0.15, 0.2) is 0 Å². The Morgan fingerprint density at radius 3 is 3.00 bits per heavy atom. The van der Waals surface area contributed by atoms with E-state index in [4.69, 9.17) is 11.6 Å². The lowest BCUT2D eigenvalue weighted by molar-refractivity contribution is 0.691. The van der Waals surface area contributed by atoms with Crippen LogP contribution in [0.1, 0.15) is 4.88 Å². The zero-order valence-electron chi connectivity index (χ0n) is 5.91. The first kappa shape index (κ1) is 8.97. The summed E-state index contributed by atoms with van der Waals surface area (Å²) in [5.41, 5.74) is 0. The van der Waals surface area contributed by atoms with Crippen LogP contribution in [0.4, 0.5) is 0 Å². The largest absolute Gasteiger partial charge is 0.254 e. The lowest BCUT2D eigenvalue weighted by Crippen LogP contribution is -1.81. The van der Waals surface area contributed by atoms with E-state index in [9.17, 15) is 4.21 Å². The van der Waals surface area contributed by atoms with E-state index in [2.05, 4.69) is 0 Å². The first-order valence-corrected chi connectivity index (χ1v) is 5.76. The summed E-state index contributed by atoms with van der Waals surface area (Å²) in [6.45, 7) is 0. The average Bonchev–Trinajstić information content (AvgIpc) is 2.39. The van der Waals surface area contributed by atoms with Crippen LogP contribution in [0.3, 0.4) is 0 Å². The van der Waals surface area contributed by atoms with Gasteiger partial charge in [0.05, 0.1) is 10.8 Å². The lowest BCUT2D eigenvalue weighted by atomic mass is 10.5. The summed E-state index contributed by atoms with van der Waals surface area (Å²) in [5, 5.41) is 1.95. The van der Waals surface area contributed by atoms with Gasteiger partial charge in [-0.15, -0.1) is 11.3 Å². The number of halogens is 1. The van der Waals surface area contributed by atoms with Crippen LogP contribution in [0.15, 0.2) is 21.9 Å². The quantitative estimate of drug-likeness (QED) is 0.727. The molecule has 0 saturated carbocycles. The van der Waals surface area contributed by atoms with E-state index in [0.29, 0.717) is 4.36 Å². The number of hydrogen-bond donors (Lipinski definition) is 0. The minimum atomic E-state index is -1.06. The molecule has 0 aromatic carbocycles. The summed E-state index contributed by atoms with van der Waals surface area (Å²) >= 11 is 7.25. The highest BCUT2D eigenvalue weighted by molar-refractivity contribution is 7.90. The molecule has 1 atom stereocenters. The summed E-state index contributed by atoms with van der Waals surface area (Å²) in [6.07, 6.45) is 3.29. The molecule has 1 aromatic rings. The van der Waals surface area contributed by atoms with Crippen molar-refractivity contribution in [2.75, 3.05) is 6.26 Å². The van der Waals surface area contributed by atoms with Crippen LogP contribution in [-0.4, -0.2) is 10.5 Å². The van der Waals surface area contributed by atoms with Gasteiger partial charge >= 0.3 is 0 Å². The van der Waals surface area contributed by atoms with Crippen molar-refractivity contribution in [2.45, 2.75) is 0 Å². The SMILES string of the molecule is C[S@](=O)/C(Cl)=C/c1cccs1. The predicted molar refractivity (Wildman–Crippen MR) is 52.2 cm³/mol. The van der Waals surface area contributed by atoms with E-state index in [1.807, 2.05) is 17.5 Å². The third kappa shape index (κ3) is 2.77. The zero-order chi connectivity index (χ0) is 8.27. The Morgan fingerprint density at radius 1 is 1.82 bits per heavy atom. The maximum Gasteiger partial charge on any atom is 0.106 e. The molecule has 0 radical (unpaired) electrons. The molecule has 11 heavy (non-hydrogen) atoms. The van der Waals surface area contributed by atoms with E-state index in [1.165, 1.54) is 0 Å². The normalized spacial score (nSPS) is 14.9. The molecular weight excluding hydrogens is 200 g/mol. The van der Waals surface area contributed by atoms with Crippen molar-refractivity contribution in [1.82, 2.24) is 0 Å². The number of rotatable bonds is 2. The Bertz CT molecular complexity index is 277. The summed E-state index contributed by atoms with van der Waals surface area (Å²) in [6, 6.07) is 3.86. The van der Waals surface area contributed by atoms with Gasteiger partial charge in [0.2, 0.25) is 0 Å². The van der Waals surface area contributed by atoms with Gasteiger partial charge in [-0.2, -0.15) is 0 Å².